The number of aromatic hydroxyl groups is 6. The third-order valence-electron chi connectivity index (χ3n) is 23.2. The van der Waals surface area contributed by atoms with Crippen LogP contribution in [0.3, 0.4) is 0 Å². The average Bonchev–Trinajstić information content (AvgIpc) is 0.799. The zero-order valence-electron chi connectivity index (χ0n) is 82.1. The second-order valence-electron chi connectivity index (χ2n) is 33.4. The molecule has 20 rings (SSSR count). The summed E-state index contributed by atoms with van der Waals surface area (Å²) in [4.78, 5) is 69.6. The highest BCUT2D eigenvalue weighted by atomic mass is 16.5. The maximum Gasteiger partial charge on any atom is 0.168 e. The predicted molar refractivity (Wildman–Crippen MR) is 565 cm³/mol. The van der Waals surface area contributed by atoms with Gasteiger partial charge in [-0.3, -0.25) is 0 Å². The van der Waals surface area contributed by atoms with Crippen molar-refractivity contribution in [3.8, 4) is 246 Å². The fraction of sp³-hybridized carbons (Fsp3) is 0.110. The topological polar surface area (TPSA) is 379 Å². The number of benzene rings is 15. The fourth-order valence-corrected chi connectivity index (χ4v) is 15.0. The molecule has 0 aliphatic carbocycles. The number of phenolic OH excluding ortho intramolecular Hbond substituents is 6. The number of hydrogen-bond acceptors (Lipinski definition) is 28. The maximum atomic E-state index is 10.6. The molecule has 5 aromatic heterocycles. The lowest BCUT2D eigenvalue weighted by Crippen LogP contribution is -2.01. The summed E-state index contributed by atoms with van der Waals surface area (Å²) in [5, 5.41) is 61.8. The number of rotatable bonds is 22. The first-order chi connectivity index (χ1) is 70.9. The summed E-state index contributed by atoms with van der Waals surface area (Å²) in [6, 6.07) is 104. The molecule has 0 bridgehead atoms. The van der Waals surface area contributed by atoms with Gasteiger partial charge in [0.25, 0.3) is 0 Å². The summed E-state index contributed by atoms with van der Waals surface area (Å²) in [5.74, 6) is 12.0. The van der Waals surface area contributed by atoms with E-state index in [1.54, 1.807) is 103 Å². The van der Waals surface area contributed by atoms with E-state index in [0.717, 1.165) is 118 Å². The Bertz CT molecular complexity index is 7710. The van der Waals surface area contributed by atoms with E-state index in [-0.39, 0.29) is 34.5 Å². The summed E-state index contributed by atoms with van der Waals surface area (Å²) in [6.07, 6.45) is 0. The van der Waals surface area contributed by atoms with Crippen LogP contribution in [0.25, 0.3) is 171 Å². The van der Waals surface area contributed by atoms with Crippen molar-refractivity contribution in [2.75, 3.05) is 49.8 Å². The Hall–Kier alpha value is -19.3. The molecular weight excluding hydrogens is 1840 g/mol. The van der Waals surface area contributed by atoms with Crippen LogP contribution in [0.15, 0.2) is 340 Å². The molecule has 0 atom stereocenters. The van der Waals surface area contributed by atoms with E-state index >= 15 is 0 Å². The van der Waals surface area contributed by atoms with Crippen molar-refractivity contribution in [3.63, 3.8) is 0 Å². The van der Waals surface area contributed by atoms with Crippen LogP contribution >= 0.6 is 0 Å². The molecule has 15 aromatic carbocycles. The molecule has 0 fully saturated rings. The molecular formula is C118H101N15O13. The van der Waals surface area contributed by atoms with E-state index in [1.165, 1.54) is 25.3 Å². The van der Waals surface area contributed by atoms with Gasteiger partial charge in [0, 0.05) is 67.8 Å². The molecule has 6 N–H and O–H groups in total. The molecule has 0 spiro atoms. The molecule has 726 valence electrons. The van der Waals surface area contributed by atoms with Crippen molar-refractivity contribution in [2.24, 2.45) is 0 Å². The molecule has 0 unspecified atom stereocenters. The zero-order valence-corrected chi connectivity index (χ0v) is 82.1. The van der Waals surface area contributed by atoms with Crippen LogP contribution in [0.4, 0.5) is 0 Å². The van der Waals surface area contributed by atoms with E-state index in [2.05, 4.69) is 69.8 Å². The Morgan fingerprint density at radius 3 is 0.678 bits per heavy atom. The van der Waals surface area contributed by atoms with Crippen molar-refractivity contribution in [1.29, 1.82) is 0 Å². The number of aryl methyl sites for hydroxylation is 6. The van der Waals surface area contributed by atoms with Gasteiger partial charge in [-0.25, -0.2) is 74.8 Å². The Balaban J connectivity index is 0.000000131. The molecule has 28 nitrogen and oxygen atoms in total. The first-order valence-electron chi connectivity index (χ1n) is 46.1. The first-order valence-corrected chi connectivity index (χ1v) is 46.1. The highest BCUT2D eigenvalue weighted by molar-refractivity contribution is 5.78. The van der Waals surface area contributed by atoms with Crippen molar-refractivity contribution < 1.29 is 63.8 Å². The van der Waals surface area contributed by atoms with Crippen LogP contribution in [0.5, 0.6) is 74.7 Å². The van der Waals surface area contributed by atoms with Gasteiger partial charge in [0.1, 0.15) is 63.2 Å². The van der Waals surface area contributed by atoms with E-state index in [1.807, 2.05) is 302 Å². The highest BCUT2D eigenvalue weighted by Crippen LogP contribution is 2.41. The molecule has 0 saturated heterocycles. The minimum atomic E-state index is -0.105. The Labute approximate surface area is 843 Å². The largest absolute Gasteiger partial charge is 0.508 e. The lowest BCUT2D eigenvalue weighted by molar-refractivity contribution is 0.374. The Morgan fingerprint density at radius 2 is 0.390 bits per heavy atom. The van der Waals surface area contributed by atoms with Gasteiger partial charge in [0.2, 0.25) is 0 Å². The number of methoxy groups -OCH3 is 7. The van der Waals surface area contributed by atoms with E-state index < -0.39 is 0 Å². The molecule has 0 aliphatic heterocycles. The van der Waals surface area contributed by atoms with Gasteiger partial charge < -0.3 is 63.8 Å². The molecule has 0 aliphatic rings. The number of para-hydroxylation sites is 2. The van der Waals surface area contributed by atoms with Crippen molar-refractivity contribution in [3.05, 3.63) is 373 Å². The van der Waals surface area contributed by atoms with Crippen LogP contribution in [0, 0.1) is 41.5 Å². The molecule has 0 saturated carbocycles. The molecule has 0 radical (unpaired) electrons. The fourth-order valence-electron chi connectivity index (χ4n) is 15.0. The highest BCUT2D eigenvalue weighted by Gasteiger charge is 2.24. The number of hydrogen-bond donors (Lipinski definition) is 6. The Morgan fingerprint density at radius 1 is 0.164 bits per heavy atom. The standard InChI is InChI=1S/2C24H21N3O3.C24H21N3O2.C23H19N3O3.C23H19N3O2/c1-15-4-6-16(7-5-15)22-25-23(17-8-10-18(29-2)11-9-17)27-24(26-22)20-13-12-19(30-3)14-21(20)28;1-15-7-9-16(10-8-15)22-25-23(17-11-13-18(29-2)14-12-17)27-24(26-22)19-5-4-6-20(30-3)21(19)28;1-15-4-7-17(8-5-15)22-25-23(18-9-11-19(29-3)12-10-18)27-24(26-22)20-13-6-16(2)14-21(20)28;1-14-3-5-15(6-4-14)21-24-22(16-7-10-18(29-2)11-8-16)26-23(25-21)19-12-9-17(27)13-20(19)28;1-15-7-3-4-8-18(15)22-24-21(16-11-13-17(28-2)14-12-16)25-23(26-22)19-9-5-6-10-20(19)27/h2*4-14,28H,1-3H3;4-14,28H,1-3H3;3-13,27-28H,1-2H3;3-14,27H,1-2H3. The number of phenols is 6. The van der Waals surface area contributed by atoms with Crippen molar-refractivity contribution in [2.45, 2.75) is 41.5 Å². The van der Waals surface area contributed by atoms with Crippen LogP contribution < -0.4 is 33.2 Å². The maximum absolute atomic E-state index is 10.6. The van der Waals surface area contributed by atoms with E-state index in [4.69, 9.17) is 38.1 Å². The molecule has 5 heterocycles. The summed E-state index contributed by atoms with van der Waals surface area (Å²) in [5.41, 5.74) is 17.6. The predicted octanol–water partition coefficient (Wildman–Crippen LogP) is 24.5. The van der Waals surface area contributed by atoms with Gasteiger partial charge in [-0.15, -0.1) is 0 Å². The third-order valence-corrected chi connectivity index (χ3v) is 23.2. The second kappa shape index (κ2) is 46.2. The van der Waals surface area contributed by atoms with E-state index in [9.17, 15) is 30.6 Å². The van der Waals surface area contributed by atoms with Crippen LogP contribution in [-0.4, -0.2) is 155 Å². The minimum absolute atomic E-state index is 0.0123. The smallest absolute Gasteiger partial charge is 0.168 e. The van der Waals surface area contributed by atoms with Gasteiger partial charge in [-0.05, 0) is 235 Å². The van der Waals surface area contributed by atoms with Gasteiger partial charge in [0.05, 0.1) is 77.6 Å². The molecule has 20 aromatic rings. The summed E-state index contributed by atoms with van der Waals surface area (Å²) in [7, 11) is 11.2. The SMILES string of the molecule is COc1ccc(-c2nc(-c3ccc(C)cc3)nc(-c3ccc(C)cc3O)n2)cc1.COc1ccc(-c2nc(-c3ccc(C)cc3)nc(-c3ccc(O)cc3O)n2)cc1.COc1ccc(-c2nc(-c3ccc(C)cc3)nc(-c3ccc(OC)cc3O)n2)cc1.COc1ccc(-c2nc(-c3ccc(C)cc3)nc(-c3cccc(OC)c3O)n2)cc1.COc1ccc(-c2nc(-c3ccccc3C)nc(-c3ccccc3O)n2)cc1. The van der Waals surface area contributed by atoms with Gasteiger partial charge in [-0.1, -0.05) is 168 Å². The van der Waals surface area contributed by atoms with E-state index in [0.29, 0.717) is 127 Å². The summed E-state index contributed by atoms with van der Waals surface area (Å²) < 4.78 is 36.6. The number of ether oxygens (including phenoxy) is 7. The third kappa shape index (κ3) is 24.4. The van der Waals surface area contributed by atoms with Crippen molar-refractivity contribution in [1.82, 2.24) is 74.8 Å². The average molecular weight is 1940 g/mol. The van der Waals surface area contributed by atoms with Crippen LogP contribution in [-0.2, 0) is 0 Å². The van der Waals surface area contributed by atoms with Gasteiger partial charge in [0.15, 0.2) is 98.9 Å². The van der Waals surface area contributed by atoms with Crippen LogP contribution in [0.2, 0.25) is 0 Å². The normalized spacial score (nSPS) is 10.7. The monoisotopic (exact) mass is 1940 g/mol. The zero-order chi connectivity index (χ0) is 102. The summed E-state index contributed by atoms with van der Waals surface area (Å²) >= 11 is 0. The quantitative estimate of drug-likeness (QED) is 0.0367. The summed E-state index contributed by atoms with van der Waals surface area (Å²) in [6.45, 7) is 12.1. The molecule has 146 heavy (non-hydrogen) atoms. The second-order valence-corrected chi connectivity index (χ2v) is 33.4. The van der Waals surface area contributed by atoms with Crippen LogP contribution in [0.1, 0.15) is 33.4 Å². The number of aromatic nitrogens is 15. The lowest BCUT2D eigenvalue weighted by atomic mass is 10.1. The first kappa shape index (κ1) is 99.8. The van der Waals surface area contributed by atoms with Gasteiger partial charge >= 0.3 is 0 Å². The van der Waals surface area contributed by atoms with Gasteiger partial charge in [-0.2, -0.15) is 0 Å². The number of nitrogens with zero attached hydrogens (tertiary/aromatic N) is 15. The van der Waals surface area contributed by atoms with Crippen molar-refractivity contribution >= 4 is 0 Å². The minimum Gasteiger partial charge on any atom is -0.508 e. The molecule has 0 amide bonds. The lowest BCUT2D eigenvalue weighted by Gasteiger charge is -2.11. The molecule has 28 heteroatoms. The Kier molecular flexibility index (Phi) is 31.6.